The smallest absolute Gasteiger partial charge is 0.223 e. The van der Waals surface area contributed by atoms with E-state index in [0.717, 1.165) is 19.3 Å². The lowest BCUT2D eigenvalue weighted by Crippen LogP contribution is -2.53. The minimum atomic E-state index is -0.597. The van der Waals surface area contributed by atoms with E-state index in [9.17, 15) is 14.4 Å². The number of benzene rings is 1. The van der Waals surface area contributed by atoms with Gasteiger partial charge in [0.15, 0.2) is 0 Å². The molecule has 1 aliphatic rings. The molecule has 1 fully saturated rings. The average molecular weight is 290 g/mol. The van der Waals surface area contributed by atoms with Crippen LogP contribution in [0, 0.1) is 17.1 Å². The van der Waals surface area contributed by atoms with Crippen LogP contribution in [-0.4, -0.2) is 30.0 Å². The highest BCUT2D eigenvalue weighted by molar-refractivity contribution is 5.77. The second-order valence-electron chi connectivity index (χ2n) is 5.36. The number of nitriles is 1. The third-order valence-electron chi connectivity index (χ3n) is 4.00. The third kappa shape index (κ3) is 3.52. The SMILES string of the molecule is CN(C(=O)CCCOc1cccc(F)c1)C1(C#N)CCC1. The van der Waals surface area contributed by atoms with Gasteiger partial charge in [-0.05, 0) is 37.8 Å². The minimum Gasteiger partial charge on any atom is -0.493 e. The van der Waals surface area contributed by atoms with Gasteiger partial charge in [0.1, 0.15) is 17.1 Å². The molecule has 112 valence electrons. The van der Waals surface area contributed by atoms with Crippen LogP contribution in [0.1, 0.15) is 32.1 Å². The molecule has 5 heteroatoms. The third-order valence-corrected chi connectivity index (χ3v) is 4.00. The summed E-state index contributed by atoms with van der Waals surface area (Å²) in [5, 5.41) is 9.20. The van der Waals surface area contributed by atoms with E-state index in [1.807, 2.05) is 0 Å². The molecule has 1 amide bonds. The maximum Gasteiger partial charge on any atom is 0.223 e. The highest BCUT2D eigenvalue weighted by atomic mass is 19.1. The molecular weight excluding hydrogens is 271 g/mol. The van der Waals surface area contributed by atoms with Gasteiger partial charge < -0.3 is 9.64 Å². The van der Waals surface area contributed by atoms with E-state index in [4.69, 9.17) is 4.74 Å². The van der Waals surface area contributed by atoms with Crippen molar-refractivity contribution in [2.24, 2.45) is 0 Å². The van der Waals surface area contributed by atoms with Gasteiger partial charge in [0.2, 0.25) is 5.91 Å². The molecule has 0 aliphatic heterocycles. The standard InChI is InChI=1S/C16H19FN2O2/c1-19(16(12-18)8-4-9-16)15(20)7-3-10-21-14-6-2-5-13(17)11-14/h2,5-6,11H,3-4,7-10H2,1H3. The predicted molar refractivity (Wildman–Crippen MR) is 76.1 cm³/mol. The maximum atomic E-state index is 13.0. The number of nitrogens with zero attached hydrogens (tertiary/aromatic N) is 2. The van der Waals surface area contributed by atoms with Crippen molar-refractivity contribution in [3.63, 3.8) is 0 Å². The lowest BCUT2D eigenvalue weighted by Gasteiger charge is -2.43. The fourth-order valence-corrected chi connectivity index (χ4v) is 2.41. The molecule has 1 aromatic carbocycles. The number of hydrogen-bond acceptors (Lipinski definition) is 3. The summed E-state index contributed by atoms with van der Waals surface area (Å²) in [6.07, 6.45) is 3.38. The largest absolute Gasteiger partial charge is 0.493 e. The Morgan fingerprint density at radius 1 is 1.52 bits per heavy atom. The molecular formula is C16H19FN2O2. The Morgan fingerprint density at radius 3 is 2.86 bits per heavy atom. The number of carbonyl (C=O) groups excluding carboxylic acids is 1. The van der Waals surface area contributed by atoms with Crippen LogP contribution >= 0.6 is 0 Å². The molecule has 0 bridgehead atoms. The summed E-state index contributed by atoms with van der Waals surface area (Å²) < 4.78 is 18.3. The lowest BCUT2D eigenvalue weighted by molar-refractivity contribution is -0.136. The molecule has 0 N–H and O–H groups in total. The van der Waals surface area contributed by atoms with Gasteiger partial charge in [0.05, 0.1) is 12.7 Å². The molecule has 1 aromatic rings. The van der Waals surface area contributed by atoms with Crippen LogP contribution in [0.5, 0.6) is 5.75 Å². The van der Waals surface area contributed by atoms with Gasteiger partial charge in [-0.25, -0.2) is 4.39 Å². The molecule has 1 saturated carbocycles. The van der Waals surface area contributed by atoms with Crippen molar-refractivity contribution in [2.75, 3.05) is 13.7 Å². The zero-order chi connectivity index (χ0) is 15.3. The van der Waals surface area contributed by atoms with Crippen molar-refractivity contribution < 1.29 is 13.9 Å². The van der Waals surface area contributed by atoms with Crippen LogP contribution in [0.25, 0.3) is 0 Å². The first-order valence-electron chi connectivity index (χ1n) is 7.14. The number of hydrogen-bond donors (Lipinski definition) is 0. The number of halogens is 1. The zero-order valence-corrected chi connectivity index (χ0v) is 12.1. The van der Waals surface area contributed by atoms with E-state index in [1.165, 1.54) is 12.1 Å². The quantitative estimate of drug-likeness (QED) is 0.757. The van der Waals surface area contributed by atoms with Crippen LogP contribution in [0.2, 0.25) is 0 Å². The Labute approximate surface area is 124 Å². The van der Waals surface area contributed by atoms with Gasteiger partial charge in [-0.1, -0.05) is 6.07 Å². The molecule has 4 nitrogen and oxygen atoms in total. The fourth-order valence-electron chi connectivity index (χ4n) is 2.41. The van der Waals surface area contributed by atoms with Gasteiger partial charge in [0.25, 0.3) is 0 Å². The second-order valence-corrected chi connectivity index (χ2v) is 5.36. The van der Waals surface area contributed by atoms with Crippen LogP contribution in [-0.2, 0) is 4.79 Å². The first-order chi connectivity index (χ1) is 10.1. The molecule has 2 rings (SSSR count). The topological polar surface area (TPSA) is 53.3 Å². The molecule has 0 unspecified atom stereocenters. The maximum absolute atomic E-state index is 13.0. The Morgan fingerprint density at radius 2 is 2.29 bits per heavy atom. The number of rotatable bonds is 6. The Hall–Kier alpha value is -2.09. The van der Waals surface area contributed by atoms with Gasteiger partial charge in [-0.2, -0.15) is 5.26 Å². The summed E-state index contributed by atoms with van der Waals surface area (Å²) in [5.74, 6) is 0.0756. The van der Waals surface area contributed by atoms with Crippen molar-refractivity contribution in [1.82, 2.24) is 4.90 Å². The van der Waals surface area contributed by atoms with Crippen molar-refractivity contribution in [3.05, 3.63) is 30.1 Å². The average Bonchev–Trinajstić information content (AvgIpc) is 2.43. The zero-order valence-electron chi connectivity index (χ0n) is 12.1. The number of carbonyl (C=O) groups is 1. The normalized spacial score (nSPS) is 15.7. The second kappa shape index (κ2) is 6.57. The van der Waals surface area contributed by atoms with Crippen molar-refractivity contribution >= 4 is 5.91 Å². The number of ether oxygens (including phenoxy) is 1. The van der Waals surface area contributed by atoms with E-state index in [2.05, 4.69) is 6.07 Å². The van der Waals surface area contributed by atoms with E-state index >= 15 is 0 Å². The Kier molecular flexibility index (Phi) is 4.79. The van der Waals surface area contributed by atoms with Crippen LogP contribution < -0.4 is 4.74 Å². The van der Waals surface area contributed by atoms with E-state index in [-0.39, 0.29) is 11.7 Å². The van der Waals surface area contributed by atoms with Crippen LogP contribution in [0.15, 0.2) is 24.3 Å². The van der Waals surface area contributed by atoms with Crippen molar-refractivity contribution in [2.45, 2.75) is 37.6 Å². The Bertz CT molecular complexity index is 549. The molecule has 0 saturated heterocycles. The summed E-state index contributed by atoms with van der Waals surface area (Å²) in [7, 11) is 1.69. The van der Waals surface area contributed by atoms with Gasteiger partial charge >= 0.3 is 0 Å². The van der Waals surface area contributed by atoms with Gasteiger partial charge in [-0.15, -0.1) is 0 Å². The fraction of sp³-hybridized carbons (Fsp3) is 0.500. The highest BCUT2D eigenvalue weighted by Gasteiger charge is 2.43. The minimum absolute atomic E-state index is 0.0425. The summed E-state index contributed by atoms with van der Waals surface area (Å²) >= 11 is 0. The van der Waals surface area contributed by atoms with Crippen LogP contribution in [0.3, 0.4) is 0 Å². The first kappa shape index (κ1) is 15.3. The van der Waals surface area contributed by atoms with Crippen molar-refractivity contribution in [3.8, 4) is 11.8 Å². The molecule has 0 atom stereocenters. The first-order valence-corrected chi connectivity index (χ1v) is 7.14. The summed E-state index contributed by atoms with van der Waals surface area (Å²) in [5.41, 5.74) is -0.597. The summed E-state index contributed by atoms with van der Waals surface area (Å²) in [4.78, 5) is 13.6. The number of amides is 1. The monoisotopic (exact) mass is 290 g/mol. The molecule has 21 heavy (non-hydrogen) atoms. The van der Waals surface area contributed by atoms with Gasteiger partial charge in [0, 0.05) is 19.5 Å². The van der Waals surface area contributed by atoms with E-state index in [0.29, 0.717) is 25.2 Å². The van der Waals surface area contributed by atoms with E-state index < -0.39 is 5.54 Å². The predicted octanol–water partition coefficient (Wildman–Crippen LogP) is 2.89. The highest BCUT2D eigenvalue weighted by Crippen LogP contribution is 2.36. The van der Waals surface area contributed by atoms with Gasteiger partial charge in [-0.3, -0.25) is 4.79 Å². The lowest BCUT2D eigenvalue weighted by atomic mass is 9.76. The Balaban J connectivity index is 1.73. The molecule has 0 aromatic heterocycles. The molecule has 0 radical (unpaired) electrons. The molecule has 0 heterocycles. The van der Waals surface area contributed by atoms with Crippen molar-refractivity contribution in [1.29, 1.82) is 5.26 Å². The molecule has 1 aliphatic carbocycles. The van der Waals surface area contributed by atoms with Crippen LogP contribution in [0.4, 0.5) is 4.39 Å². The van der Waals surface area contributed by atoms with E-state index in [1.54, 1.807) is 24.1 Å². The summed E-state index contributed by atoms with van der Waals surface area (Å²) in [6.45, 7) is 0.350. The summed E-state index contributed by atoms with van der Waals surface area (Å²) in [6, 6.07) is 8.17. The molecule has 0 spiro atoms.